The van der Waals surface area contributed by atoms with Crippen LogP contribution in [0.3, 0.4) is 0 Å². The van der Waals surface area contributed by atoms with Crippen LogP contribution in [0.15, 0.2) is 0 Å². The standard InChI is InChI=1S/C7H14F2O3S/c1-4-6(2,3)5-7(8,9)13(10,11)12/h4-5H2,1-3H3,(H,10,11,12). The van der Waals surface area contributed by atoms with E-state index in [-0.39, 0.29) is 0 Å². The molecule has 6 heteroatoms. The van der Waals surface area contributed by atoms with Gasteiger partial charge in [-0.1, -0.05) is 27.2 Å². The van der Waals surface area contributed by atoms with Crippen LogP contribution < -0.4 is 0 Å². The summed E-state index contributed by atoms with van der Waals surface area (Å²) in [6, 6.07) is 0. The predicted molar refractivity (Wildman–Crippen MR) is 45.2 cm³/mol. The van der Waals surface area contributed by atoms with Crippen molar-refractivity contribution in [2.24, 2.45) is 5.41 Å². The summed E-state index contributed by atoms with van der Waals surface area (Å²) in [5.74, 6) is 0. The smallest absolute Gasteiger partial charge is 0.281 e. The Bertz CT molecular complexity index is 269. The van der Waals surface area contributed by atoms with Crippen molar-refractivity contribution >= 4 is 10.1 Å². The van der Waals surface area contributed by atoms with Crippen LogP contribution in [0.1, 0.15) is 33.6 Å². The Balaban J connectivity index is 4.72. The van der Waals surface area contributed by atoms with Crippen molar-refractivity contribution in [3.05, 3.63) is 0 Å². The van der Waals surface area contributed by atoms with Gasteiger partial charge in [-0.3, -0.25) is 4.55 Å². The SMILES string of the molecule is CCC(C)(C)CC(F)(F)S(=O)(=O)O. The van der Waals surface area contributed by atoms with Crippen LogP contribution in [0, 0.1) is 5.41 Å². The molecule has 0 aliphatic heterocycles. The summed E-state index contributed by atoms with van der Waals surface area (Å²) in [7, 11) is -5.28. The zero-order valence-electron chi connectivity index (χ0n) is 7.84. The van der Waals surface area contributed by atoms with Crippen molar-refractivity contribution in [3.8, 4) is 0 Å². The zero-order valence-corrected chi connectivity index (χ0v) is 8.66. The Morgan fingerprint density at radius 1 is 1.31 bits per heavy atom. The number of hydrogen-bond donors (Lipinski definition) is 1. The Morgan fingerprint density at radius 3 is 1.92 bits per heavy atom. The first-order valence-corrected chi connectivity index (χ1v) is 5.31. The molecule has 0 aromatic rings. The van der Waals surface area contributed by atoms with E-state index in [1.165, 1.54) is 13.8 Å². The summed E-state index contributed by atoms with van der Waals surface area (Å²) in [5.41, 5.74) is -0.806. The van der Waals surface area contributed by atoms with E-state index < -0.39 is 27.2 Å². The average Bonchev–Trinajstić information content (AvgIpc) is 1.83. The van der Waals surface area contributed by atoms with Gasteiger partial charge in [0.2, 0.25) is 0 Å². The van der Waals surface area contributed by atoms with E-state index in [1.54, 1.807) is 6.92 Å². The molecule has 0 aliphatic carbocycles. The first kappa shape index (κ1) is 12.8. The highest BCUT2D eigenvalue weighted by Crippen LogP contribution is 2.37. The lowest BCUT2D eigenvalue weighted by molar-refractivity contribution is 0.0309. The minimum Gasteiger partial charge on any atom is -0.281 e. The van der Waals surface area contributed by atoms with Crippen LogP contribution >= 0.6 is 0 Å². The number of rotatable bonds is 4. The Labute approximate surface area is 76.9 Å². The molecule has 0 unspecified atom stereocenters. The van der Waals surface area contributed by atoms with Crippen LogP contribution in [0.5, 0.6) is 0 Å². The van der Waals surface area contributed by atoms with Crippen molar-refractivity contribution in [1.29, 1.82) is 0 Å². The molecule has 3 nitrogen and oxygen atoms in total. The van der Waals surface area contributed by atoms with Gasteiger partial charge >= 0.3 is 15.4 Å². The minimum atomic E-state index is -5.28. The topological polar surface area (TPSA) is 54.4 Å². The normalized spacial score (nSPS) is 14.6. The third kappa shape index (κ3) is 3.56. The van der Waals surface area contributed by atoms with Crippen molar-refractivity contribution in [2.75, 3.05) is 0 Å². The van der Waals surface area contributed by atoms with Crippen LogP contribution in [-0.4, -0.2) is 18.2 Å². The van der Waals surface area contributed by atoms with Gasteiger partial charge in [-0.25, -0.2) is 0 Å². The van der Waals surface area contributed by atoms with Crippen molar-refractivity contribution in [1.82, 2.24) is 0 Å². The first-order valence-electron chi connectivity index (χ1n) is 3.87. The highest BCUT2D eigenvalue weighted by molar-refractivity contribution is 7.86. The highest BCUT2D eigenvalue weighted by atomic mass is 32.2. The van der Waals surface area contributed by atoms with Gasteiger partial charge in [-0.2, -0.15) is 17.2 Å². The second-order valence-corrected chi connectivity index (χ2v) is 5.35. The molecule has 0 fully saturated rings. The molecule has 1 N–H and O–H groups in total. The summed E-state index contributed by atoms with van der Waals surface area (Å²) in [5, 5.41) is -4.05. The molecule has 0 atom stereocenters. The maximum atomic E-state index is 12.8. The number of hydrogen-bond acceptors (Lipinski definition) is 2. The lowest BCUT2D eigenvalue weighted by Gasteiger charge is -2.26. The molecular weight excluding hydrogens is 202 g/mol. The third-order valence-electron chi connectivity index (χ3n) is 2.02. The van der Waals surface area contributed by atoms with Crippen molar-refractivity contribution in [3.63, 3.8) is 0 Å². The predicted octanol–water partition coefficient (Wildman–Crippen LogP) is 2.29. The number of alkyl halides is 2. The molecule has 80 valence electrons. The van der Waals surface area contributed by atoms with E-state index in [0.29, 0.717) is 6.42 Å². The van der Waals surface area contributed by atoms with Gasteiger partial charge in [0.25, 0.3) is 0 Å². The maximum Gasteiger partial charge on any atom is 0.370 e. The highest BCUT2D eigenvalue weighted by Gasteiger charge is 2.47. The fourth-order valence-corrected chi connectivity index (χ4v) is 1.35. The summed E-state index contributed by atoms with van der Waals surface area (Å²) < 4.78 is 54.3. The first-order chi connectivity index (χ1) is 5.52. The van der Waals surface area contributed by atoms with E-state index in [0.717, 1.165) is 0 Å². The third-order valence-corrected chi connectivity index (χ3v) is 2.92. The van der Waals surface area contributed by atoms with Crippen molar-refractivity contribution < 1.29 is 21.8 Å². The van der Waals surface area contributed by atoms with E-state index in [4.69, 9.17) is 4.55 Å². The molecule has 0 aliphatic rings. The van der Waals surface area contributed by atoms with Crippen molar-refractivity contribution in [2.45, 2.75) is 38.9 Å². The molecule has 0 aromatic carbocycles. The lowest BCUT2D eigenvalue weighted by atomic mass is 9.87. The van der Waals surface area contributed by atoms with Gasteiger partial charge in [0.1, 0.15) is 0 Å². The van der Waals surface area contributed by atoms with Gasteiger partial charge in [0.05, 0.1) is 0 Å². The average molecular weight is 216 g/mol. The summed E-state index contributed by atoms with van der Waals surface area (Å²) in [4.78, 5) is 0. The minimum absolute atomic E-state index is 0.415. The van der Waals surface area contributed by atoms with E-state index in [2.05, 4.69) is 0 Å². The largest absolute Gasteiger partial charge is 0.370 e. The van der Waals surface area contributed by atoms with Crippen LogP contribution in [-0.2, 0) is 10.1 Å². The molecule has 0 rings (SSSR count). The Morgan fingerprint density at radius 2 is 1.69 bits per heavy atom. The molecule has 0 amide bonds. The molecule has 13 heavy (non-hydrogen) atoms. The fraction of sp³-hybridized carbons (Fsp3) is 1.00. The maximum absolute atomic E-state index is 12.8. The molecule has 0 radical (unpaired) electrons. The van der Waals surface area contributed by atoms with Gasteiger partial charge < -0.3 is 0 Å². The molecule has 0 spiro atoms. The van der Waals surface area contributed by atoms with Gasteiger partial charge in [-0.15, -0.1) is 0 Å². The number of halogens is 2. The van der Waals surface area contributed by atoms with Crippen LogP contribution in [0.25, 0.3) is 0 Å². The summed E-state index contributed by atoms with van der Waals surface area (Å²) >= 11 is 0. The van der Waals surface area contributed by atoms with Gasteiger partial charge in [-0.05, 0) is 5.41 Å². The second-order valence-electron chi connectivity index (χ2n) is 3.81. The summed E-state index contributed by atoms with van der Waals surface area (Å²) in [6.45, 7) is 4.72. The van der Waals surface area contributed by atoms with E-state index >= 15 is 0 Å². The van der Waals surface area contributed by atoms with Crippen LogP contribution in [0.2, 0.25) is 0 Å². The molecule has 0 saturated heterocycles. The molecule has 0 heterocycles. The molecule has 0 saturated carbocycles. The van der Waals surface area contributed by atoms with E-state index in [9.17, 15) is 17.2 Å². The molecular formula is C7H14F2O3S. The molecule has 0 bridgehead atoms. The van der Waals surface area contributed by atoms with Gasteiger partial charge in [0.15, 0.2) is 0 Å². The lowest BCUT2D eigenvalue weighted by Crippen LogP contribution is -2.33. The second kappa shape index (κ2) is 3.49. The van der Waals surface area contributed by atoms with Gasteiger partial charge in [0, 0.05) is 6.42 Å². The zero-order chi connectivity index (χ0) is 10.9. The van der Waals surface area contributed by atoms with E-state index in [1.807, 2.05) is 0 Å². The quantitative estimate of drug-likeness (QED) is 0.733. The fourth-order valence-electron chi connectivity index (χ4n) is 0.773. The monoisotopic (exact) mass is 216 g/mol. The Kier molecular flexibility index (Phi) is 3.43. The van der Waals surface area contributed by atoms with Crippen LogP contribution in [0.4, 0.5) is 8.78 Å². The Hall–Kier alpha value is -0.230. The molecule has 0 aromatic heterocycles. The summed E-state index contributed by atoms with van der Waals surface area (Å²) in [6.07, 6.45) is -0.451.